The Balaban J connectivity index is 1.03. The number of carbonyl (C=O) groups excluding carboxylic acids is 4. The summed E-state index contributed by atoms with van der Waals surface area (Å²) in [6.45, 7) is 6.69. The summed E-state index contributed by atoms with van der Waals surface area (Å²) in [5.41, 5.74) is 2.46. The van der Waals surface area contributed by atoms with Crippen molar-refractivity contribution in [3.63, 3.8) is 0 Å². The van der Waals surface area contributed by atoms with Crippen LogP contribution in [-0.4, -0.2) is 30.5 Å². The fourth-order valence-corrected chi connectivity index (χ4v) is 7.33. The van der Waals surface area contributed by atoms with Crippen molar-refractivity contribution in [2.24, 2.45) is 0 Å². The molecule has 9 nitrogen and oxygen atoms in total. The van der Waals surface area contributed by atoms with Crippen molar-refractivity contribution < 1.29 is 47.3 Å². The zero-order valence-electron chi connectivity index (χ0n) is 39.3. The highest BCUT2D eigenvalue weighted by molar-refractivity contribution is 5.95. The summed E-state index contributed by atoms with van der Waals surface area (Å²) in [6, 6.07) is 29.9. The van der Waals surface area contributed by atoms with Gasteiger partial charge in [-0.25, -0.2) is 23.6 Å². The van der Waals surface area contributed by atoms with Crippen molar-refractivity contribution >= 4 is 30.0 Å². The molecule has 0 aliphatic carbocycles. The minimum absolute atomic E-state index is 0.00235. The van der Waals surface area contributed by atoms with E-state index in [0.717, 1.165) is 49.1 Å². The number of hydrogen-bond acceptors (Lipinski definition) is 9. The van der Waals surface area contributed by atoms with E-state index in [1.165, 1.54) is 144 Å². The van der Waals surface area contributed by atoms with Gasteiger partial charge in [0.25, 0.3) is 0 Å². The van der Waals surface area contributed by atoms with E-state index in [9.17, 15) is 19.2 Å². The number of aryl methyl sites for hydroxylation is 1. The number of unbranched alkanes of at least 4 members (excludes halogenated alkanes) is 14. The van der Waals surface area contributed by atoms with Crippen LogP contribution < -0.4 is 23.7 Å². The number of rotatable bonds is 28. The molecule has 0 fully saturated rings. The quantitative estimate of drug-likeness (QED) is 0.0209. The van der Waals surface area contributed by atoms with Gasteiger partial charge in [-0.3, -0.25) is 0 Å². The molecule has 0 spiro atoms. The molecule has 0 amide bonds. The van der Waals surface area contributed by atoms with Crippen molar-refractivity contribution in [3.05, 3.63) is 154 Å². The van der Waals surface area contributed by atoms with Crippen LogP contribution in [0.2, 0.25) is 0 Å². The molecule has 0 saturated carbocycles. The third kappa shape index (κ3) is 18.3. The summed E-state index contributed by atoms with van der Waals surface area (Å²) in [5, 5.41) is 0. The molecule has 0 aliphatic rings. The number of halogens is 1. The van der Waals surface area contributed by atoms with Crippen LogP contribution in [0.4, 0.5) is 4.39 Å². The van der Waals surface area contributed by atoms with Gasteiger partial charge in [0.1, 0.15) is 34.6 Å². The van der Waals surface area contributed by atoms with Crippen LogP contribution in [0.3, 0.4) is 0 Å². The Labute approximate surface area is 395 Å². The summed E-state index contributed by atoms with van der Waals surface area (Å²) in [5.74, 6) is -2.88. The predicted molar refractivity (Wildman–Crippen MR) is 261 cm³/mol. The molecule has 0 saturated heterocycles. The molecule has 10 heteroatoms. The smallest absolute Gasteiger partial charge is 0.346 e. The minimum atomic E-state index is -1.01. The van der Waals surface area contributed by atoms with Gasteiger partial charge in [-0.05, 0) is 116 Å². The number of carbonyl (C=O) groups is 4. The van der Waals surface area contributed by atoms with Crippen LogP contribution in [0.15, 0.2) is 121 Å². The molecule has 0 unspecified atom stereocenters. The Morgan fingerprint density at radius 3 is 1.54 bits per heavy atom. The van der Waals surface area contributed by atoms with E-state index in [1.807, 2.05) is 36.4 Å². The Bertz CT molecular complexity index is 2350. The standard InChI is InChI=1S/C57H65FO9/c1-4-6-8-10-12-13-14-15-16-18-21-43-24-28-45(29-25-43)55(60)64-48-34-30-46(31-35-48)56(61)66-49-22-20-23-50(40-49)67-57(62)52-37-36-51(41-53(52)58)65-54(59)42(3)39-44-26-32-47(33-27-44)63-38-19-17-11-9-7-5-2/h20,22-37,39-41H,4-19,21,38H2,1-3H3/b42-39+. The van der Waals surface area contributed by atoms with E-state index < -0.39 is 35.3 Å². The summed E-state index contributed by atoms with van der Waals surface area (Å²) in [7, 11) is 0. The lowest BCUT2D eigenvalue weighted by Gasteiger charge is -2.10. The van der Waals surface area contributed by atoms with Crippen LogP contribution in [0, 0.1) is 5.82 Å². The van der Waals surface area contributed by atoms with E-state index in [1.54, 1.807) is 25.1 Å². The highest BCUT2D eigenvalue weighted by Crippen LogP contribution is 2.25. The molecule has 67 heavy (non-hydrogen) atoms. The van der Waals surface area contributed by atoms with E-state index in [2.05, 4.69) is 13.8 Å². The second-order valence-corrected chi connectivity index (χ2v) is 16.8. The van der Waals surface area contributed by atoms with Gasteiger partial charge in [-0.1, -0.05) is 134 Å². The number of ether oxygens (including phenoxy) is 5. The molecule has 5 aromatic carbocycles. The Morgan fingerprint density at radius 2 is 0.955 bits per heavy atom. The van der Waals surface area contributed by atoms with Crippen molar-refractivity contribution in [2.45, 2.75) is 130 Å². The largest absolute Gasteiger partial charge is 0.494 e. The molecule has 0 atom stereocenters. The number of esters is 4. The van der Waals surface area contributed by atoms with Gasteiger partial charge in [-0.2, -0.15) is 0 Å². The van der Waals surface area contributed by atoms with Crippen molar-refractivity contribution in [3.8, 4) is 28.7 Å². The van der Waals surface area contributed by atoms with Gasteiger partial charge in [0, 0.05) is 17.7 Å². The topological polar surface area (TPSA) is 114 Å². The summed E-state index contributed by atoms with van der Waals surface area (Å²) >= 11 is 0. The highest BCUT2D eigenvalue weighted by atomic mass is 19.1. The normalized spacial score (nSPS) is 11.2. The van der Waals surface area contributed by atoms with Crippen LogP contribution in [0.5, 0.6) is 28.7 Å². The first-order valence-corrected chi connectivity index (χ1v) is 24.0. The molecule has 0 bridgehead atoms. The summed E-state index contributed by atoms with van der Waals surface area (Å²) in [6.07, 6.45) is 22.6. The van der Waals surface area contributed by atoms with Crippen molar-refractivity contribution in [2.75, 3.05) is 6.61 Å². The molecule has 0 heterocycles. The zero-order valence-corrected chi connectivity index (χ0v) is 39.3. The maximum Gasteiger partial charge on any atom is 0.346 e. The van der Waals surface area contributed by atoms with Crippen LogP contribution in [-0.2, 0) is 11.2 Å². The molecule has 354 valence electrons. The second kappa shape index (κ2) is 28.5. The molecule has 0 N–H and O–H groups in total. The minimum Gasteiger partial charge on any atom is -0.494 e. The monoisotopic (exact) mass is 912 g/mol. The lowest BCUT2D eigenvalue weighted by molar-refractivity contribution is -0.130. The summed E-state index contributed by atoms with van der Waals surface area (Å²) < 4.78 is 42.8. The maximum absolute atomic E-state index is 15.1. The fourth-order valence-electron chi connectivity index (χ4n) is 7.33. The zero-order chi connectivity index (χ0) is 47.6. The van der Waals surface area contributed by atoms with Gasteiger partial charge in [0.05, 0.1) is 23.3 Å². The Kier molecular flexibility index (Phi) is 21.9. The third-order valence-electron chi connectivity index (χ3n) is 11.3. The van der Waals surface area contributed by atoms with Gasteiger partial charge in [0.2, 0.25) is 0 Å². The van der Waals surface area contributed by atoms with Crippen LogP contribution in [0.25, 0.3) is 6.08 Å². The Hall–Kier alpha value is -6.55. The molecule has 5 aromatic rings. The van der Waals surface area contributed by atoms with E-state index in [0.29, 0.717) is 12.2 Å². The first-order chi connectivity index (χ1) is 32.6. The lowest BCUT2D eigenvalue weighted by Crippen LogP contribution is -2.13. The molecular weight excluding hydrogens is 848 g/mol. The fraction of sp³-hybridized carbons (Fsp3) is 0.368. The first-order valence-electron chi connectivity index (χ1n) is 24.0. The van der Waals surface area contributed by atoms with Gasteiger partial charge >= 0.3 is 23.9 Å². The van der Waals surface area contributed by atoms with Crippen LogP contribution >= 0.6 is 0 Å². The van der Waals surface area contributed by atoms with Gasteiger partial charge in [0.15, 0.2) is 0 Å². The maximum atomic E-state index is 15.1. The average Bonchev–Trinajstić information content (AvgIpc) is 3.32. The number of benzene rings is 5. The van der Waals surface area contributed by atoms with E-state index in [4.69, 9.17) is 23.7 Å². The van der Waals surface area contributed by atoms with Crippen LogP contribution in [0.1, 0.15) is 166 Å². The molecule has 0 radical (unpaired) electrons. The van der Waals surface area contributed by atoms with Crippen molar-refractivity contribution in [1.29, 1.82) is 0 Å². The SMILES string of the molecule is CCCCCCCCCCCCc1ccc(C(=O)Oc2ccc(C(=O)Oc3cccc(OC(=O)c4ccc(OC(=O)/C(C)=C/c5ccc(OCCCCCCCC)cc5)cc4F)c3)cc2)cc1. The third-order valence-corrected chi connectivity index (χ3v) is 11.3. The first kappa shape index (κ1) is 51.4. The van der Waals surface area contributed by atoms with Gasteiger partial charge < -0.3 is 23.7 Å². The number of hydrogen-bond donors (Lipinski definition) is 0. The summed E-state index contributed by atoms with van der Waals surface area (Å²) in [4.78, 5) is 51.6. The highest BCUT2D eigenvalue weighted by Gasteiger charge is 2.18. The lowest BCUT2D eigenvalue weighted by atomic mass is 10.0. The molecule has 5 rings (SSSR count). The van der Waals surface area contributed by atoms with E-state index >= 15 is 4.39 Å². The van der Waals surface area contributed by atoms with Crippen molar-refractivity contribution in [1.82, 2.24) is 0 Å². The molecule has 0 aromatic heterocycles. The van der Waals surface area contributed by atoms with Gasteiger partial charge in [-0.15, -0.1) is 0 Å². The molecular formula is C57H65FO9. The second-order valence-electron chi connectivity index (χ2n) is 16.8. The average molecular weight is 913 g/mol. The molecule has 0 aliphatic heterocycles. The van der Waals surface area contributed by atoms with E-state index in [-0.39, 0.29) is 34.1 Å². The predicted octanol–water partition coefficient (Wildman–Crippen LogP) is 14.7. The Morgan fingerprint density at radius 1 is 0.478 bits per heavy atom.